The molecule has 0 aliphatic rings. The largest absolute Gasteiger partial charge is 0.392 e. The van der Waals surface area contributed by atoms with Crippen molar-refractivity contribution in [2.75, 3.05) is 0 Å². The lowest BCUT2D eigenvalue weighted by atomic mass is 9.95. The van der Waals surface area contributed by atoms with Gasteiger partial charge in [0.1, 0.15) is 0 Å². The van der Waals surface area contributed by atoms with E-state index in [1.165, 1.54) is 16.5 Å². The van der Waals surface area contributed by atoms with Gasteiger partial charge in [-0.2, -0.15) is 0 Å². The first kappa shape index (κ1) is 11.0. The van der Waals surface area contributed by atoms with Crippen LogP contribution in [0.3, 0.4) is 0 Å². The van der Waals surface area contributed by atoms with E-state index in [9.17, 15) is 5.11 Å². The topological polar surface area (TPSA) is 20.2 Å². The van der Waals surface area contributed by atoms with Crippen LogP contribution in [0.25, 0.3) is 21.9 Å². The Hall–Kier alpha value is -2.12. The Morgan fingerprint density at radius 2 is 1.33 bits per heavy atom. The second-order valence-corrected chi connectivity index (χ2v) is 4.34. The summed E-state index contributed by atoms with van der Waals surface area (Å²) in [4.78, 5) is 0. The van der Waals surface area contributed by atoms with Crippen LogP contribution in [-0.4, -0.2) is 5.11 Å². The van der Waals surface area contributed by atoms with Gasteiger partial charge in [-0.15, -0.1) is 0 Å². The number of benzene rings is 3. The first-order chi connectivity index (χ1) is 8.90. The zero-order valence-electron chi connectivity index (χ0n) is 10.0. The summed E-state index contributed by atoms with van der Waals surface area (Å²) in [5.74, 6) is 0. The third kappa shape index (κ3) is 1.79. The molecule has 0 bridgehead atoms. The quantitative estimate of drug-likeness (QED) is 0.710. The molecule has 0 fully saturated rings. The summed E-state index contributed by atoms with van der Waals surface area (Å²) < 4.78 is 0. The number of aliphatic hydroxyl groups excluding tert-OH is 1. The highest BCUT2D eigenvalue weighted by atomic mass is 16.3. The van der Waals surface area contributed by atoms with E-state index in [-0.39, 0.29) is 6.61 Å². The molecule has 0 radical (unpaired) electrons. The molecular weight excluding hydrogens is 220 g/mol. The van der Waals surface area contributed by atoms with Crippen LogP contribution in [-0.2, 0) is 6.61 Å². The van der Waals surface area contributed by atoms with E-state index in [0.717, 1.165) is 10.9 Å². The highest BCUT2D eigenvalue weighted by molar-refractivity contribution is 5.98. The normalized spacial score (nSPS) is 10.7. The molecule has 0 aliphatic carbocycles. The van der Waals surface area contributed by atoms with E-state index >= 15 is 0 Å². The molecule has 0 aliphatic heterocycles. The second kappa shape index (κ2) is 4.63. The van der Waals surface area contributed by atoms with E-state index in [1.54, 1.807) is 0 Å². The van der Waals surface area contributed by atoms with E-state index in [4.69, 9.17) is 0 Å². The molecule has 0 heterocycles. The average molecular weight is 234 g/mol. The van der Waals surface area contributed by atoms with Gasteiger partial charge >= 0.3 is 0 Å². The fourth-order valence-electron chi connectivity index (χ4n) is 2.37. The smallest absolute Gasteiger partial charge is 0.0687 e. The van der Waals surface area contributed by atoms with Crippen molar-refractivity contribution < 1.29 is 5.11 Å². The van der Waals surface area contributed by atoms with Crippen molar-refractivity contribution in [3.8, 4) is 11.1 Å². The molecule has 1 nitrogen and oxygen atoms in total. The van der Waals surface area contributed by atoms with Crippen LogP contribution >= 0.6 is 0 Å². The van der Waals surface area contributed by atoms with E-state index in [2.05, 4.69) is 30.3 Å². The zero-order valence-corrected chi connectivity index (χ0v) is 10.0. The van der Waals surface area contributed by atoms with Gasteiger partial charge in [0.15, 0.2) is 0 Å². The standard InChI is InChI=1S/C17H14O/c18-12-14-10-11-16(13-6-2-1-3-7-13)17-9-5-4-8-15(14)17/h1-11,18H,12H2. The van der Waals surface area contributed by atoms with Crippen LogP contribution in [0.4, 0.5) is 0 Å². The third-order valence-electron chi connectivity index (χ3n) is 3.27. The molecule has 3 aromatic rings. The molecule has 3 rings (SSSR count). The molecule has 1 N–H and O–H groups in total. The lowest BCUT2D eigenvalue weighted by Gasteiger charge is -2.10. The van der Waals surface area contributed by atoms with Crippen LogP contribution in [0.1, 0.15) is 5.56 Å². The summed E-state index contributed by atoms with van der Waals surface area (Å²) in [7, 11) is 0. The van der Waals surface area contributed by atoms with Crippen LogP contribution in [0.15, 0.2) is 66.7 Å². The minimum Gasteiger partial charge on any atom is -0.392 e. The van der Waals surface area contributed by atoms with Crippen LogP contribution in [0.5, 0.6) is 0 Å². The molecular formula is C17H14O. The number of hydrogen-bond acceptors (Lipinski definition) is 1. The van der Waals surface area contributed by atoms with Crippen molar-refractivity contribution in [1.29, 1.82) is 0 Å². The lowest BCUT2D eigenvalue weighted by Crippen LogP contribution is -1.88. The highest BCUT2D eigenvalue weighted by Gasteiger charge is 2.06. The highest BCUT2D eigenvalue weighted by Crippen LogP contribution is 2.30. The number of hydrogen-bond donors (Lipinski definition) is 1. The predicted octanol–water partition coefficient (Wildman–Crippen LogP) is 4.00. The van der Waals surface area contributed by atoms with E-state index in [1.807, 2.05) is 36.4 Å². The van der Waals surface area contributed by atoms with Gasteiger partial charge in [-0.3, -0.25) is 0 Å². The van der Waals surface area contributed by atoms with Crippen molar-refractivity contribution in [3.63, 3.8) is 0 Å². The van der Waals surface area contributed by atoms with Gasteiger partial charge in [0, 0.05) is 0 Å². The minimum atomic E-state index is 0.0790. The Morgan fingerprint density at radius 3 is 2.06 bits per heavy atom. The summed E-state index contributed by atoms with van der Waals surface area (Å²) in [5, 5.41) is 11.7. The molecule has 18 heavy (non-hydrogen) atoms. The van der Waals surface area contributed by atoms with E-state index in [0.29, 0.717) is 0 Å². The number of rotatable bonds is 2. The van der Waals surface area contributed by atoms with Gasteiger partial charge < -0.3 is 5.11 Å². The van der Waals surface area contributed by atoms with Crippen LogP contribution < -0.4 is 0 Å². The maximum absolute atomic E-state index is 9.40. The van der Waals surface area contributed by atoms with Gasteiger partial charge in [0.25, 0.3) is 0 Å². The molecule has 1 heteroatoms. The summed E-state index contributed by atoms with van der Waals surface area (Å²) in [5.41, 5.74) is 3.40. The van der Waals surface area contributed by atoms with Crippen molar-refractivity contribution in [1.82, 2.24) is 0 Å². The molecule has 0 amide bonds. The minimum absolute atomic E-state index is 0.0790. The second-order valence-electron chi connectivity index (χ2n) is 4.34. The van der Waals surface area contributed by atoms with Gasteiger partial charge in [-0.05, 0) is 27.5 Å². The maximum Gasteiger partial charge on any atom is 0.0687 e. The molecule has 0 saturated carbocycles. The lowest BCUT2D eigenvalue weighted by molar-refractivity contribution is 0.283. The van der Waals surface area contributed by atoms with E-state index < -0.39 is 0 Å². The molecule has 0 unspecified atom stereocenters. The Balaban J connectivity index is 2.32. The molecule has 0 saturated heterocycles. The summed E-state index contributed by atoms with van der Waals surface area (Å²) >= 11 is 0. The van der Waals surface area contributed by atoms with Crippen molar-refractivity contribution in [2.45, 2.75) is 6.61 Å². The summed E-state index contributed by atoms with van der Waals surface area (Å²) in [6, 6.07) is 22.6. The monoisotopic (exact) mass is 234 g/mol. The van der Waals surface area contributed by atoms with Crippen LogP contribution in [0, 0.1) is 0 Å². The van der Waals surface area contributed by atoms with Crippen molar-refractivity contribution in [2.24, 2.45) is 0 Å². The van der Waals surface area contributed by atoms with Gasteiger partial charge in [-0.25, -0.2) is 0 Å². The first-order valence-corrected chi connectivity index (χ1v) is 6.07. The Morgan fingerprint density at radius 1 is 0.667 bits per heavy atom. The first-order valence-electron chi connectivity index (χ1n) is 6.07. The fraction of sp³-hybridized carbons (Fsp3) is 0.0588. The SMILES string of the molecule is OCc1ccc(-c2ccccc2)c2ccccc12. The Bertz CT molecular complexity index is 672. The molecule has 0 atom stereocenters. The van der Waals surface area contributed by atoms with Crippen molar-refractivity contribution >= 4 is 10.8 Å². The molecule has 0 aromatic heterocycles. The zero-order chi connectivity index (χ0) is 12.4. The third-order valence-corrected chi connectivity index (χ3v) is 3.27. The molecule has 3 aromatic carbocycles. The van der Waals surface area contributed by atoms with Gasteiger partial charge in [0.05, 0.1) is 6.61 Å². The number of aliphatic hydroxyl groups is 1. The maximum atomic E-state index is 9.40. The Labute approximate surface area is 106 Å². The predicted molar refractivity (Wildman–Crippen MR) is 75.3 cm³/mol. The van der Waals surface area contributed by atoms with Gasteiger partial charge in [0.2, 0.25) is 0 Å². The molecule has 0 spiro atoms. The summed E-state index contributed by atoms with van der Waals surface area (Å²) in [6.45, 7) is 0.0790. The summed E-state index contributed by atoms with van der Waals surface area (Å²) in [6.07, 6.45) is 0. The Kier molecular flexibility index (Phi) is 2.83. The average Bonchev–Trinajstić information content (AvgIpc) is 2.47. The molecule has 88 valence electrons. The number of fused-ring (bicyclic) bond motifs is 1. The van der Waals surface area contributed by atoms with Crippen molar-refractivity contribution in [3.05, 3.63) is 72.3 Å². The fourth-order valence-corrected chi connectivity index (χ4v) is 2.37. The van der Waals surface area contributed by atoms with Crippen LogP contribution in [0.2, 0.25) is 0 Å². The van der Waals surface area contributed by atoms with Gasteiger partial charge in [-0.1, -0.05) is 66.7 Å².